The zero-order valence-electron chi connectivity index (χ0n) is 23.8. The molecular weight excluding hydrogens is 496 g/mol. The number of carbonyl (C=O) groups excluding carboxylic acids is 3. The van der Waals surface area contributed by atoms with Crippen molar-refractivity contribution in [3.63, 3.8) is 0 Å². The molecule has 1 N–H and O–H groups in total. The maximum absolute atomic E-state index is 12.4. The molecule has 5 rings (SSSR count). The molecular formula is C32H40O7. The standard InChI is InChI=1S/C32H40O7/c1-17-8-10-24(38-29(17)35)19(3)22-12-13-31(7)23(18(22)2)16-32(36)15-21-9-11-27(34)39-30(5,6)28(21)25(14-26(31)32)37-20(4)33/h8-9,11-12,15,19,23-26,28,36H,2,10,13-14,16H2,1,3-7H3/t19-,23+,24-,25-,26+,28+,31+,32-/m1/s1. The molecule has 2 aliphatic heterocycles. The van der Waals surface area contributed by atoms with Crippen molar-refractivity contribution in [1.82, 2.24) is 0 Å². The molecule has 0 amide bonds. The summed E-state index contributed by atoms with van der Waals surface area (Å²) >= 11 is 0. The SMILES string of the molecule is C=C1C([C@@H](C)[C@H]2CC=C(C)C(=O)O2)=CC[C@@]2(C)[C@H]1C[C@]1(O)C=C3C=CC(=O)OC(C)(C)[C@@H]3[C@H](OC(C)=O)C[C@@H]21. The summed E-state index contributed by atoms with van der Waals surface area (Å²) in [5.41, 5.74) is 0.963. The van der Waals surface area contributed by atoms with Crippen molar-refractivity contribution in [1.29, 1.82) is 0 Å². The Bertz CT molecular complexity index is 1250. The number of ether oxygens (including phenoxy) is 3. The van der Waals surface area contributed by atoms with Crippen LogP contribution in [-0.2, 0) is 28.6 Å². The van der Waals surface area contributed by atoms with Crippen LogP contribution in [-0.4, -0.2) is 46.4 Å². The minimum Gasteiger partial charge on any atom is -0.462 e. The van der Waals surface area contributed by atoms with E-state index >= 15 is 0 Å². The van der Waals surface area contributed by atoms with Crippen LogP contribution >= 0.6 is 0 Å². The first-order chi connectivity index (χ1) is 18.2. The zero-order valence-corrected chi connectivity index (χ0v) is 23.8. The molecule has 1 fully saturated rings. The fraction of sp³-hybridized carbons (Fsp3) is 0.594. The molecule has 1 saturated carbocycles. The fourth-order valence-corrected chi connectivity index (χ4v) is 8.07. The average Bonchev–Trinajstić information content (AvgIpc) is 2.91. The van der Waals surface area contributed by atoms with Crippen LogP contribution in [0.1, 0.15) is 67.2 Å². The molecule has 39 heavy (non-hydrogen) atoms. The normalized spacial score (nSPS) is 39.8. The molecule has 210 valence electrons. The van der Waals surface area contributed by atoms with Gasteiger partial charge < -0.3 is 19.3 Å². The second-order valence-corrected chi connectivity index (χ2v) is 12.9. The van der Waals surface area contributed by atoms with Gasteiger partial charge in [0.25, 0.3) is 0 Å². The molecule has 5 aliphatic rings. The van der Waals surface area contributed by atoms with Crippen molar-refractivity contribution in [3.05, 3.63) is 59.3 Å². The lowest BCUT2D eigenvalue weighted by Gasteiger charge is -2.45. The van der Waals surface area contributed by atoms with Gasteiger partial charge in [0.05, 0.1) is 11.5 Å². The number of carbonyl (C=O) groups is 3. The van der Waals surface area contributed by atoms with Gasteiger partial charge >= 0.3 is 17.9 Å². The number of rotatable bonds is 3. The molecule has 8 atom stereocenters. The number of aliphatic hydroxyl groups is 1. The second kappa shape index (κ2) is 9.33. The number of esters is 3. The Morgan fingerprint density at radius 2 is 1.92 bits per heavy atom. The molecule has 0 spiro atoms. The third-order valence-electron chi connectivity index (χ3n) is 10.0. The van der Waals surface area contributed by atoms with Gasteiger partial charge in [-0.15, -0.1) is 0 Å². The van der Waals surface area contributed by atoms with Crippen LogP contribution in [0.5, 0.6) is 0 Å². The highest BCUT2D eigenvalue weighted by Crippen LogP contribution is 2.64. The smallest absolute Gasteiger partial charge is 0.333 e. The summed E-state index contributed by atoms with van der Waals surface area (Å²) in [6, 6.07) is 0. The Morgan fingerprint density at radius 3 is 2.59 bits per heavy atom. The van der Waals surface area contributed by atoms with Crippen LogP contribution in [0.2, 0.25) is 0 Å². The van der Waals surface area contributed by atoms with Gasteiger partial charge in [-0.2, -0.15) is 0 Å². The van der Waals surface area contributed by atoms with E-state index in [1.54, 1.807) is 13.0 Å². The monoisotopic (exact) mass is 536 g/mol. The van der Waals surface area contributed by atoms with E-state index in [4.69, 9.17) is 14.2 Å². The number of cyclic esters (lactones) is 2. The van der Waals surface area contributed by atoms with E-state index in [0.29, 0.717) is 31.3 Å². The summed E-state index contributed by atoms with van der Waals surface area (Å²) in [5, 5.41) is 12.3. The van der Waals surface area contributed by atoms with Crippen LogP contribution in [0.3, 0.4) is 0 Å². The van der Waals surface area contributed by atoms with Crippen LogP contribution in [0.25, 0.3) is 0 Å². The molecule has 0 aromatic carbocycles. The van der Waals surface area contributed by atoms with Gasteiger partial charge in [-0.1, -0.05) is 38.7 Å². The summed E-state index contributed by atoms with van der Waals surface area (Å²) in [4.78, 5) is 36.9. The maximum atomic E-state index is 12.4. The first-order valence-corrected chi connectivity index (χ1v) is 14.0. The molecule has 0 aromatic rings. The predicted octanol–water partition coefficient (Wildman–Crippen LogP) is 4.91. The molecule has 3 aliphatic carbocycles. The van der Waals surface area contributed by atoms with Crippen molar-refractivity contribution in [2.24, 2.45) is 29.1 Å². The summed E-state index contributed by atoms with van der Waals surface area (Å²) in [5.74, 6) is -1.83. The molecule has 0 saturated heterocycles. The lowest BCUT2D eigenvalue weighted by atomic mass is 9.61. The van der Waals surface area contributed by atoms with Gasteiger partial charge in [0, 0.05) is 36.8 Å². The zero-order chi connectivity index (χ0) is 28.5. The summed E-state index contributed by atoms with van der Waals surface area (Å²) < 4.78 is 17.4. The third-order valence-corrected chi connectivity index (χ3v) is 10.0. The highest BCUT2D eigenvalue weighted by molar-refractivity contribution is 5.88. The van der Waals surface area contributed by atoms with Gasteiger partial charge in [0.1, 0.15) is 17.8 Å². The highest BCUT2D eigenvalue weighted by atomic mass is 16.6. The van der Waals surface area contributed by atoms with E-state index in [2.05, 4.69) is 26.5 Å². The van der Waals surface area contributed by atoms with Gasteiger partial charge in [-0.25, -0.2) is 9.59 Å². The van der Waals surface area contributed by atoms with E-state index in [1.165, 1.54) is 13.0 Å². The lowest BCUT2D eigenvalue weighted by molar-refractivity contribution is -0.166. The predicted molar refractivity (Wildman–Crippen MR) is 145 cm³/mol. The Labute approximate surface area is 230 Å². The van der Waals surface area contributed by atoms with Crippen LogP contribution < -0.4 is 0 Å². The van der Waals surface area contributed by atoms with Crippen molar-refractivity contribution in [2.45, 2.75) is 90.6 Å². The minimum atomic E-state index is -1.19. The quantitative estimate of drug-likeness (QED) is 0.404. The topological polar surface area (TPSA) is 99.1 Å². The van der Waals surface area contributed by atoms with E-state index in [9.17, 15) is 19.5 Å². The van der Waals surface area contributed by atoms with E-state index in [0.717, 1.165) is 16.7 Å². The second-order valence-electron chi connectivity index (χ2n) is 12.9. The molecule has 0 aromatic heterocycles. The summed E-state index contributed by atoms with van der Waals surface area (Å²) in [7, 11) is 0. The Hall–Kier alpha value is -2.93. The van der Waals surface area contributed by atoms with Gasteiger partial charge in [0.15, 0.2) is 0 Å². The molecule has 0 unspecified atom stereocenters. The lowest BCUT2D eigenvalue weighted by Crippen LogP contribution is -2.46. The van der Waals surface area contributed by atoms with Crippen LogP contribution in [0.15, 0.2) is 59.3 Å². The molecule has 7 nitrogen and oxygen atoms in total. The fourth-order valence-electron chi connectivity index (χ4n) is 8.07. The van der Waals surface area contributed by atoms with Crippen LogP contribution in [0.4, 0.5) is 0 Å². The van der Waals surface area contributed by atoms with Crippen LogP contribution in [0, 0.1) is 29.1 Å². The van der Waals surface area contributed by atoms with E-state index in [1.807, 2.05) is 26.0 Å². The minimum absolute atomic E-state index is 0.0152. The highest BCUT2D eigenvalue weighted by Gasteiger charge is 2.63. The average molecular weight is 537 g/mol. The molecule has 0 radical (unpaired) electrons. The third kappa shape index (κ3) is 4.52. The number of hydrogen-bond acceptors (Lipinski definition) is 7. The van der Waals surface area contributed by atoms with Gasteiger partial charge in [-0.3, -0.25) is 4.79 Å². The first kappa shape index (κ1) is 27.6. The number of allylic oxidation sites excluding steroid dienone is 3. The van der Waals surface area contributed by atoms with Crippen molar-refractivity contribution in [3.8, 4) is 0 Å². The van der Waals surface area contributed by atoms with E-state index < -0.39 is 35.2 Å². The molecule has 2 heterocycles. The number of hydrogen-bond donors (Lipinski definition) is 1. The Balaban J connectivity index is 1.52. The summed E-state index contributed by atoms with van der Waals surface area (Å²) in [6.07, 6.45) is 10.6. The molecule has 0 bridgehead atoms. The van der Waals surface area contributed by atoms with E-state index in [-0.39, 0.29) is 35.2 Å². The van der Waals surface area contributed by atoms with Crippen molar-refractivity contribution < 1.29 is 33.7 Å². The Morgan fingerprint density at radius 1 is 1.21 bits per heavy atom. The van der Waals surface area contributed by atoms with Gasteiger partial charge in [-0.05, 0) is 74.2 Å². The maximum Gasteiger partial charge on any atom is 0.333 e. The van der Waals surface area contributed by atoms with Crippen molar-refractivity contribution in [2.75, 3.05) is 0 Å². The number of fused-ring (bicyclic) bond motifs is 4. The Kier molecular flexibility index (Phi) is 6.61. The largest absolute Gasteiger partial charge is 0.462 e. The van der Waals surface area contributed by atoms with Crippen molar-refractivity contribution >= 4 is 17.9 Å². The van der Waals surface area contributed by atoms with Gasteiger partial charge in [0.2, 0.25) is 0 Å². The first-order valence-electron chi connectivity index (χ1n) is 14.0. The summed E-state index contributed by atoms with van der Waals surface area (Å²) in [6.45, 7) is 15.6. The molecule has 7 heteroatoms.